The lowest BCUT2D eigenvalue weighted by atomic mass is 9.98. The summed E-state index contributed by atoms with van der Waals surface area (Å²) in [4.78, 5) is 0. The van der Waals surface area contributed by atoms with Crippen LogP contribution in [0.4, 0.5) is 4.39 Å². The van der Waals surface area contributed by atoms with Crippen molar-refractivity contribution in [2.75, 3.05) is 14.2 Å². The standard InChI is InChI=1S/C15H15ClFNO2/c1-19-13-7-10(11(16)8-14(13)20-2)15(18)9-5-3-4-6-12(9)17/h3-8,15H,18H2,1-2H3. The Kier molecular flexibility index (Phi) is 4.47. The van der Waals surface area contributed by atoms with Crippen molar-refractivity contribution in [1.29, 1.82) is 0 Å². The van der Waals surface area contributed by atoms with Gasteiger partial charge in [0.15, 0.2) is 11.5 Å². The molecule has 0 saturated heterocycles. The zero-order valence-electron chi connectivity index (χ0n) is 11.2. The first-order chi connectivity index (χ1) is 9.58. The van der Waals surface area contributed by atoms with Gasteiger partial charge in [-0.3, -0.25) is 0 Å². The van der Waals surface area contributed by atoms with Crippen molar-refractivity contribution < 1.29 is 13.9 Å². The number of benzene rings is 2. The molecule has 106 valence electrons. The van der Waals surface area contributed by atoms with E-state index in [1.165, 1.54) is 20.3 Å². The molecular weight excluding hydrogens is 281 g/mol. The van der Waals surface area contributed by atoms with Crippen LogP contribution in [0.15, 0.2) is 36.4 Å². The van der Waals surface area contributed by atoms with Crippen molar-refractivity contribution in [2.24, 2.45) is 5.73 Å². The maximum absolute atomic E-state index is 13.8. The van der Waals surface area contributed by atoms with Gasteiger partial charge in [-0.25, -0.2) is 4.39 Å². The molecule has 2 aromatic rings. The average molecular weight is 296 g/mol. The van der Waals surface area contributed by atoms with Crippen molar-refractivity contribution in [3.05, 3.63) is 58.4 Å². The van der Waals surface area contributed by atoms with E-state index >= 15 is 0 Å². The fourth-order valence-electron chi connectivity index (χ4n) is 2.00. The largest absolute Gasteiger partial charge is 0.493 e. The van der Waals surface area contributed by atoms with Gasteiger partial charge in [0.25, 0.3) is 0 Å². The third-order valence-electron chi connectivity index (χ3n) is 3.08. The second kappa shape index (κ2) is 6.11. The van der Waals surface area contributed by atoms with E-state index < -0.39 is 6.04 Å². The van der Waals surface area contributed by atoms with Crippen LogP contribution in [0.1, 0.15) is 17.2 Å². The van der Waals surface area contributed by atoms with Crippen LogP contribution in [0.5, 0.6) is 11.5 Å². The Morgan fingerprint density at radius 3 is 2.25 bits per heavy atom. The highest BCUT2D eigenvalue weighted by atomic mass is 35.5. The summed E-state index contributed by atoms with van der Waals surface area (Å²) < 4.78 is 24.2. The summed E-state index contributed by atoms with van der Waals surface area (Å²) in [6.07, 6.45) is 0. The first-order valence-corrected chi connectivity index (χ1v) is 6.37. The predicted molar refractivity (Wildman–Crippen MR) is 77.0 cm³/mol. The second-order valence-corrected chi connectivity index (χ2v) is 4.64. The molecule has 0 aliphatic rings. The Morgan fingerprint density at radius 1 is 1.05 bits per heavy atom. The van der Waals surface area contributed by atoms with E-state index in [1.807, 2.05) is 0 Å². The number of hydrogen-bond donors (Lipinski definition) is 1. The summed E-state index contributed by atoms with van der Waals surface area (Å²) in [5.41, 5.74) is 7.07. The van der Waals surface area contributed by atoms with E-state index in [9.17, 15) is 4.39 Å². The van der Waals surface area contributed by atoms with Crippen LogP contribution in [-0.4, -0.2) is 14.2 Å². The Labute approximate surface area is 122 Å². The lowest BCUT2D eigenvalue weighted by molar-refractivity contribution is 0.354. The van der Waals surface area contributed by atoms with Gasteiger partial charge in [0.05, 0.1) is 20.3 Å². The molecule has 0 aromatic heterocycles. The number of halogens is 2. The molecule has 2 N–H and O–H groups in total. The molecule has 0 aliphatic carbocycles. The number of rotatable bonds is 4. The topological polar surface area (TPSA) is 44.5 Å². The molecule has 20 heavy (non-hydrogen) atoms. The normalized spacial score (nSPS) is 12.1. The molecule has 0 saturated carbocycles. The van der Waals surface area contributed by atoms with Crippen LogP contribution >= 0.6 is 11.6 Å². The Hall–Kier alpha value is -1.78. The SMILES string of the molecule is COc1cc(Cl)c(C(N)c2ccccc2F)cc1OC. The third-order valence-corrected chi connectivity index (χ3v) is 3.41. The summed E-state index contributed by atoms with van der Waals surface area (Å²) in [5.74, 6) is 0.631. The van der Waals surface area contributed by atoms with Gasteiger partial charge in [-0.05, 0) is 17.7 Å². The summed E-state index contributed by atoms with van der Waals surface area (Å²) in [6.45, 7) is 0. The number of nitrogens with two attached hydrogens (primary N) is 1. The van der Waals surface area contributed by atoms with Gasteiger partial charge in [-0.15, -0.1) is 0 Å². The first kappa shape index (κ1) is 14.6. The van der Waals surface area contributed by atoms with Gasteiger partial charge in [-0.2, -0.15) is 0 Å². The lowest BCUT2D eigenvalue weighted by Crippen LogP contribution is -2.14. The van der Waals surface area contributed by atoms with E-state index in [0.717, 1.165) is 0 Å². The summed E-state index contributed by atoms with van der Waals surface area (Å²) >= 11 is 6.20. The van der Waals surface area contributed by atoms with Gasteiger partial charge in [0.1, 0.15) is 5.82 Å². The molecule has 0 radical (unpaired) electrons. The van der Waals surface area contributed by atoms with E-state index in [0.29, 0.717) is 27.6 Å². The van der Waals surface area contributed by atoms with E-state index in [4.69, 9.17) is 26.8 Å². The van der Waals surface area contributed by atoms with Crippen LogP contribution in [0.2, 0.25) is 5.02 Å². The minimum absolute atomic E-state index is 0.370. The molecule has 2 aromatic carbocycles. The Balaban J connectivity index is 2.50. The van der Waals surface area contributed by atoms with Gasteiger partial charge >= 0.3 is 0 Å². The highest BCUT2D eigenvalue weighted by Crippen LogP contribution is 2.37. The minimum atomic E-state index is -0.677. The van der Waals surface area contributed by atoms with Crippen molar-refractivity contribution in [3.8, 4) is 11.5 Å². The van der Waals surface area contributed by atoms with E-state index in [-0.39, 0.29) is 5.82 Å². The molecule has 1 atom stereocenters. The van der Waals surface area contributed by atoms with Crippen molar-refractivity contribution in [1.82, 2.24) is 0 Å². The average Bonchev–Trinajstić information content (AvgIpc) is 2.46. The van der Waals surface area contributed by atoms with E-state index in [1.54, 1.807) is 30.3 Å². The Morgan fingerprint density at radius 2 is 1.65 bits per heavy atom. The maximum Gasteiger partial charge on any atom is 0.162 e. The fourth-order valence-corrected chi connectivity index (χ4v) is 2.27. The summed E-state index contributed by atoms with van der Waals surface area (Å²) in [5, 5.41) is 0.401. The van der Waals surface area contributed by atoms with Crippen molar-refractivity contribution in [3.63, 3.8) is 0 Å². The van der Waals surface area contributed by atoms with Gasteiger partial charge in [0.2, 0.25) is 0 Å². The third kappa shape index (κ3) is 2.71. The molecule has 1 unspecified atom stereocenters. The van der Waals surface area contributed by atoms with Crippen molar-refractivity contribution >= 4 is 11.6 Å². The molecular formula is C15H15ClFNO2. The molecule has 0 aliphatic heterocycles. The number of ether oxygens (including phenoxy) is 2. The second-order valence-electron chi connectivity index (χ2n) is 4.23. The van der Waals surface area contributed by atoms with Gasteiger partial charge in [-0.1, -0.05) is 29.8 Å². The fraction of sp³-hybridized carbons (Fsp3) is 0.200. The Bertz CT molecular complexity index is 619. The summed E-state index contributed by atoms with van der Waals surface area (Å²) in [7, 11) is 3.04. The highest BCUT2D eigenvalue weighted by molar-refractivity contribution is 6.31. The number of methoxy groups -OCH3 is 2. The quantitative estimate of drug-likeness (QED) is 0.938. The molecule has 5 heteroatoms. The first-order valence-electron chi connectivity index (χ1n) is 6.00. The minimum Gasteiger partial charge on any atom is -0.493 e. The van der Waals surface area contributed by atoms with Crippen LogP contribution < -0.4 is 15.2 Å². The van der Waals surface area contributed by atoms with Crippen LogP contribution in [0.25, 0.3) is 0 Å². The molecule has 0 amide bonds. The number of hydrogen-bond acceptors (Lipinski definition) is 3. The molecule has 2 rings (SSSR count). The van der Waals surface area contributed by atoms with Crippen LogP contribution in [0, 0.1) is 5.82 Å². The molecule has 0 fully saturated rings. The van der Waals surface area contributed by atoms with E-state index in [2.05, 4.69) is 0 Å². The lowest BCUT2D eigenvalue weighted by Gasteiger charge is -2.17. The molecule has 0 bridgehead atoms. The van der Waals surface area contributed by atoms with Crippen LogP contribution in [0.3, 0.4) is 0 Å². The van der Waals surface area contributed by atoms with Crippen LogP contribution in [-0.2, 0) is 0 Å². The van der Waals surface area contributed by atoms with Gasteiger partial charge in [0, 0.05) is 16.7 Å². The molecule has 0 spiro atoms. The maximum atomic E-state index is 13.8. The smallest absolute Gasteiger partial charge is 0.162 e. The van der Waals surface area contributed by atoms with Crippen molar-refractivity contribution in [2.45, 2.75) is 6.04 Å². The highest BCUT2D eigenvalue weighted by Gasteiger charge is 2.19. The zero-order valence-corrected chi connectivity index (χ0v) is 11.9. The molecule has 3 nitrogen and oxygen atoms in total. The predicted octanol–water partition coefficient (Wildman–Crippen LogP) is 3.54. The monoisotopic (exact) mass is 295 g/mol. The van der Waals surface area contributed by atoms with Gasteiger partial charge < -0.3 is 15.2 Å². The summed E-state index contributed by atoms with van der Waals surface area (Å²) in [6, 6.07) is 8.93. The molecule has 0 heterocycles. The zero-order chi connectivity index (χ0) is 14.7.